The summed E-state index contributed by atoms with van der Waals surface area (Å²) in [7, 11) is 0. The van der Waals surface area contributed by atoms with Crippen molar-refractivity contribution in [2.24, 2.45) is 0 Å². The second kappa shape index (κ2) is 6.31. The summed E-state index contributed by atoms with van der Waals surface area (Å²) < 4.78 is 0. The summed E-state index contributed by atoms with van der Waals surface area (Å²) in [5, 5.41) is 28.6. The van der Waals surface area contributed by atoms with Crippen molar-refractivity contribution in [1.82, 2.24) is 25.5 Å². The predicted octanol–water partition coefficient (Wildman–Crippen LogP) is 0.821. The number of aliphatic hydroxyl groups excluding tert-OH is 1. The number of amides is 1. The zero-order chi connectivity index (χ0) is 14.7. The van der Waals surface area contributed by atoms with Crippen molar-refractivity contribution >= 4 is 17.2 Å². The minimum absolute atomic E-state index is 0.0142. The van der Waals surface area contributed by atoms with Crippen molar-refractivity contribution in [3.8, 4) is 11.4 Å². The Labute approximate surface area is 126 Å². The van der Waals surface area contributed by atoms with Gasteiger partial charge in [-0.25, -0.2) is 0 Å². The van der Waals surface area contributed by atoms with E-state index in [2.05, 4.69) is 20.7 Å². The van der Waals surface area contributed by atoms with Crippen LogP contribution in [0, 0.1) is 0 Å². The average Bonchev–Trinajstić information content (AvgIpc) is 3.12. The summed E-state index contributed by atoms with van der Waals surface area (Å²) in [6.07, 6.45) is 3.16. The molecule has 2 aromatic heterocycles. The SMILES string of the molecule is O=C(Cn1nnc(-c2ccsc2)n1)NC1CCCCC1O. The Balaban J connectivity index is 1.57. The molecule has 0 saturated heterocycles. The maximum Gasteiger partial charge on any atom is 0.243 e. The van der Waals surface area contributed by atoms with Crippen LogP contribution in [-0.4, -0.2) is 43.4 Å². The highest BCUT2D eigenvalue weighted by molar-refractivity contribution is 7.08. The summed E-state index contributed by atoms with van der Waals surface area (Å²) in [6.45, 7) is 0.0142. The van der Waals surface area contributed by atoms with E-state index in [1.165, 1.54) is 4.80 Å². The Hall–Kier alpha value is -1.80. The van der Waals surface area contributed by atoms with Gasteiger partial charge < -0.3 is 10.4 Å². The van der Waals surface area contributed by atoms with Crippen LogP contribution in [0.3, 0.4) is 0 Å². The first-order valence-electron chi connectivity index (χ1n) is 7.00. The molecular weight excluding hydrogens is 290 g/mol. The number of thiophene rings is 1. The van der Waals surface area contributed by atoms with Gasteiger partial charge in [-0.1, -0.05) is 12.8 Å². The number of aromatic nitrogens is 4. The lowest BCUT2D eigenvalue weighted by Gasteiger charge is -2.28. The van der Waals surface area contributed by atoms with E-state index in [0.717, 1.165) is 31.2 Å². The van der Waals surface area contributed by atoms with Crippen LogP contribution in [0.15, 0.2) is 16.8 Å². The number of hydrogen-bond donors (Lipinski definition) is 2. The zero-order valence-electron chi connectivity index (χ0n) is 11.5. The Kier molecular flexibility index (Phi) is 4.26. The summed E-state index contributed by atoms with van der Waals surface area (Å²) in [4.78, 5) is 13.2. The number of nitrogens with one attached hydrogen (secondary N) is 1. The lowest BCUT2D eigenvalue weighted by molar-refractivity contribution is -0.124. The van der Waals surface area contributed by atoms with Gasteiger partial charge in [0.15, 0.2) is 0 Å². The number of carbonyl (C=O) groups excluding carboxylic acids is 1. The molecule has 1 aliphatic carbocycles. The van der Waals surface area contributed by atoms with Gasteiger partial charge in [-0.15, -0.1) is 10.2 Å². The molecule has 3 rings (SSSR count). The Bertz CT molecular complexity index is 597. The molecule has 2 N–H and O–H groups in total. The van der Waals surface area contributed by atoms with Gasteiger partial charge in [-0.2, -0.15) is 16.1 Å². The summed E-state index contributed by atoms with van der Waals surface area (Å²) >= 11 is 1.56. The van der Waals surface area contributed by atoms with Crippen LogP contribution in [0.2, 0.25) is 0 Å². The molecule has 1 fully saturated rings. The molecule has 21 heavy (non-hydrogen) atoms. The molecule has 0 spiro atoms. The van der Waals surface area contributed by atoms with Crippen LogP contribution in [0.5, 0.6) is 0 Å². The molecule has 2 unspecified atom stereocenters. The van der Waals surface area contributed by atoms with Gasteiger partial charge in [0.2, 0.25) is 11.7 Å². The molecule has 0 radical (unpaired) electrons. The van der Waals surface area contributed by atoms with Gasteiger partial charge in [0.1, 0.15) is 6.54 Å². The van der Waals surface area contributed by atoms with Gasteiger partial charge in [0.05, 0.1) is 12.1 Å². The highest BCUT2D eigenvalue weighted by atomic mass is 32.1. The van der Waals surface area contributed by atoms with E-state index in [0.29, 0.717) is 5.82 Å². The fourth-order valence-electron chi connectivity index (χ4n) is 2.48. The second-order valence-electron chi connectivity index (χ2n) is 5.18. The van der Waals surface area contributed by atoms with Gasteiger partial charge in [0, 0.05) is 10.9 Å². The minimum Gasteiger partial charge on any atom is -0.391 e. The number of tetrazole rings is 1. The first-order valence-corrected chi connectivity index (χ1v) is 7.94. The Morgan fingerprint density at radius 3 is 3.10 bits per heavy atom. The molecule has 2 heterocycles. The monoisotopic (exact) mass is 307 g/mol. The van der Waals surface area contributed by atoms with Gasteiger partial charge >= 0.3 is 0 Å². The first kappa shape index (κ1) is 14.2. The lowest BCUT2D eigenvalue weighted by atomic mass is 9.92. The highest BCUT2D eigenvalue weighted by Crippen LogP contribution is 2.18. The van der Waals surface area contributed by atoms with E-state index in [-0.39, 0.29) is 18.5 Å². The molecule has 2 aromatic rings. The zero-order valence-corrected chi connectivity index (χ0v) is 12.3. The molecule has 7 nitrogen and oxygen atoms in total. The predicted molar refractivity (Wildman–Crippen MR) is 77.5 cm³/mol. The minimum atomic E-state index is -0.451. The van der Waals surface area contributed by atoms with Crippen LogP contribution < -0.4 is 5.32 Å². The molecule has 1 amide bonds. The van der Waals surface area contributed by atoms with Crippen molar-refractivity contribution in [3.05, 3.63) is 16.8 Å². The van der Waals surface area contributed by atoms with Crippen molar-refractivity contribution < 1.29 is 9.90 Å². The summed E-state index contributed by atoms with van der Waals surface area (Å²) in [5.41, 5.74) is 0.898. The highest BCUT2D eigenvalue weighted by Gasteiger charge is 2.24. The number of carbonyl (C=O) groups is 1. The second-order valence-corrected chi connectivity index (χ2v) is 5.96. The fourth-order valence-corrected chi connectivity index (χ4v) is 3.11. The quantitative estimate of drug-likeness (QED) is 0.872. The molecule has 1 saturated carbocycles. The number of rotatable bonds is 4. The van der Waals surface area contributed by atoms with Gasteiger partial charge in [-0.05, 0) is 29.5 Å². The maximum absolute atomic E-state index is 12.0. The smallest absolute Gasteiger partial charge is 0.243 e. The van der Waals surface area contributed by atoms with E-state index in [1.54, 1.807) is 11.3 Å². The van der Waals surface area contributed by atoms with Crippen molar-refractivity contribution in [2.45, 2.75) is 44.4 Å². The average molecular weight is 307 g/mol. The van der Waals surface area contributed by atoms with Gasteiger partial charge in [0.25, 0.3) is 0 Å². The largest absolute Gasteiger partial charge is 0.391 e. The van der Waals surface area contributed by atoms with Crippen molar-refractivity contribution in [2.75, 3.05) is 0 Å². The first-order chi connectivity index (χ1) is 10.2. The van der Waals surface area contributed by atoms with Crippen LogP contribution >= 0.6 is 11.3 Å². The number of nitrogens with zero attached hydrogens (tertiary/aromatic N) is 4. The van der Waals surface area contributed by atoms with Crippen LogP contribution in [0.4, 0.5) is 0 Å². The van der Waals surface area contributed by atoms with E-state index < -0.39 is 6.10 Å². The molecule has 8 heteroatoms. The number of aliphatic hydroxyl groups is 1. The molecule has 1 aliphatic rings. The van der Waals surface area contributed by atoms with Crippen LogP contribution in [-0.2, 0) is 11.3 Å². The molecule has 0 bridgehead atoms. The van der Waals surface area contributed by atoms with Crippen molar-refractivity contribution in [3.63, 3.8) is 0 Å². The standard InChI is InChI=1S/C13H17N5O2S/c19-11-4-2-1-3-10(11)14-12(20)7-18-16-13(15-17-18)9-5-6-21-8-9/h5-6,8,10-11,19H,1-4,7H2,(H,14,20). The van der Waals surface area contributed by atoms with Crippen LogP contribution in [0.1, 0.15) is 25.7 Å². The molecule has 0 aromatic carbocycles. The van der Waals surface area contributed by atoms with Crippen molar-refractivity contribution in [1.29, 1.82) is 0 Å². The molecular formula is C13H17N5O2S. The molecule has 112 valence electrons. The Morgan fingerprint density at radius 1 is 1.48 bits per heavy atom. The number of hydrogen-bond acceptors (Lipinski definition) is 6. The van der Waals surface area contributed by atoms with E-state index >= 15 is 0 Å². The lowest BCUT2D eigenvalue weighted by Crippen LogP contribution is -2.46. The van der Waals surface area contributed by atoms with E-state index in [9.17, 15) is 9.90 Å². The Morgan fingerprint density at radius 2 is 2.33 bits per heavy atom. The molecule has 0 aliphatic heterocycles. The topological polar surface area (TPSA) is 92.9 Å². The maximum atomic E-state index is 12.0. The molecule has 2 atom stereocenters. The third-order valence-electron chi connectivity index (χ3n) is 3.59. The third kappa shape index (κ3) is 3.45. The van der Waals surface area contributed by atoms with Crippen LogP contribution in [0.25, 0.3) is 11.4 Å². The fraction of sp³-hybridized carbons (Fsp3) is 0.538. The van der Waals surface area contributed by atoms with E-state index in [4.69, 9.17) is 0 Å². The summed E-state index contributed by atoms with van der Waals surface area (Å²) in [6, 6.07) is 1.75. The third-order valence-corrected chi connectivity index (χ3v) is 4.28. The summed E-state index contributed by atoms with van der Waals surface area (Å²) in [5.74, 6) is 0.317. The van der Waals surface area contributed by atoms with Gasteiger partial charge in [-0.3, -0.25) is 4.79 Å². The van der Waals surface area contributed by atoms with E-state index in [1.807, 2.05) is 16.8 Å². The normalized spacial score (nSPS) is 22.1.